The van der Waals surface area contributed by atoms with E-state index in [0.29, 0.717) is 17.3 Å². The molecule has 0 unspecified atom stereocenters. The number of hydrogen-bond acceptors (Lipinski definition) is 2. The number of halogens is 1. The Balaban J connectivity index is 1.90. The maximum Gasteiger partial charge on any atom is 0.120 e. The molecule has 0 bridgehead atoms. The van der Waals surface area contributed by atoms with Crippen LogP contribution >= 0.6 is 11.6 Å². The van der Waals surface area contributed by atoms with Crippen molar-refractivity contribution >= 4 is 11.6 Å². The first kappa shape index (κ1) is 13.9. The predicted molar refractivity (Wildman–Crippen MR) is 79.6 cm³/mol. The quantitative estimate of drug-likeness (QED) is 0.899. The molecule has 0 radical (unpaired) electrons. The molecular formula is C16H18ClNO. The van der Waals surface area contributed by atoms with E-state index in [4.69, 9.17) is 11.6 Å². The Hall–Kier alpha value is -1.51. The first-order valence-corrected chi connectivity index (χ1v) is 6.73. The minimum atomic E-state index is 0.302. The largest absolute Gasteiger partial charge is 0.508 e. The summed E-state index contributed by atoms with van der Waals surface area (Å²) in [6, 6.07) is 15.5. The second-order valence-corrected chi connectivity index (χ2v) is 5.18. The lowest BCUT2D eigenvalue weighted by molar-refractivity contribution is 0.324. The molecule has 0 heterocycles. The number of phenolic OH excluding ortho intramolecular Hbond substituents is 1. The van der Waals surface area contributed by atoms with Gasteiger partial charge in [-0.05, 0) is 37.2 Å². The van der Waals surface area contributed by atoms with Crippen molar-refractivity contribution in [1.82, 2.24) is 4.90 Å². The van der Waals surface area contributed by atoms with E-state index in [0.717, 1.165) is 18.5 Å². The molecule has 2 aromatic rings. The summed E-state index contributed by atoms with van der Waals surface area (Å²) in [7, 11) is 2.04. The average Bonchev–Trinajstić information content (AvgIpc) is 2.42. The molecule has 2 rings (SSSR count). The number of benzene rings is 2. The van der Waals surface area contributed by atoms with Gasteiger partial charge in [0.05, 0.1) is 0 Å². The summed E-state index contributed by atoms with van der Waals surface area (Å²) in [5.41, 5.74) is 2.19. The summed E-state index contributed by atoms with van der Waals surface area (Å²) < 4.78 is 0. The summed E-state index contributed by atoms with van der Waals surface area (Å²) >= 11 is 5.94. The van der Waals surface area contributed by atoms with E-state index in [9.17, 15) is 5.11 Å². The van der Waals surface area contributed by atoms with Crippen LogP contribution in [0, 0.1) is 0 Å². The zero-order chi connectivity index (χ0) is 13.7. The molecule has 2 aromatic carbocycles. The van der Waals surface area contributed by atoms with Gasteiger partial charge in [0.25, 0.3) is 0 Å². The van der Waals surface area contributed by atoms with E-state index in [1.54, 1.807) is 12.1 Å². The third kappa shape index (κ3) is 4.27. The Kier molecular flexibility index (Phi) is 4.83. The first-order chi connectivity index (χ1) is 9.15. The number of phenols is 1. The number of aromatic hydroxyl groups is 1. The molecule has 0 amide bonds. The molecule has 0 fully saturated rings. The lowest BCUT2D eigenvalue weighted by atomic mass is 10.1. The van der Waals surface area contributed by atoms with Crippen LogP contribution in [-0.4, -0.2) is 23.6 Å². The summed E-state index contributed by atoms with van der Waals surface area (Å²) in [4.78, 5) is 2.18. The fourth-order valence-electron chi connectivity index (χ4n) is 2.02. The highest BCUT2D eigenvalue weighted by Gasteiger charge is 2.06. The molecule has 2 nitrogen and oxygen atoms in total. The maximum atomic E-state index is 9.78. The molecule has 0 aromatic heterocycles. The summed E-state index contributed by atoms with van der Waals surface area (Å²) in [5.74, 6) is 0.302. The van der Waals surface area contributed by atoms with Crippen LogP contribution in [0.5, 0.6) is 5.75 Å². The van der Waals surface area contributed by atoms with Crippen molar-refractivity contribution in [2.75, 3.05) is 13.6 Å². The van der Waals surface area contributed by atoms with Crippen LogP contribution in [0.4, 0.5) is 0 Å². The number of likely N-dealkylation sites (N-methyl/N-ethyl adjacent to an activating group) is 1. The van der Waals surface area contributed by atoms with E-state index >= 15 is 0 Å². The Bertz CT molecular complexity index is 528. The van der Waals surface area contributed by atoms with Gasteiger partial charge in [-0.25, -0.2) is 0 Å². The minimum absolute atomic E-state index is 0.302. The predicted octanol–water partition coefficient (Wildman–Crippen LogP) is 3.72. The molecule has 0 spiro atoms. The topological polar surface area (TPSA) is 23.5 Å². The van der Waals surface area contributed by atoms with Gasteiger partial charge in [-0.15, -0.1) is 0 Å². The van der Waals surface area contributed by atoms with Gasteiger partial charge in [0.1, 0.15) is 5.75 Å². The van der Waals surface area contributed by atoms with Gasteiger partial charge in [0, 0.05) is 23.7 Å². The molecule has 100 valence electrons. The highest BCUT2D eigenvalue weighted by molar-refractivity contribution is 6.30. The van der Waals surface area contributed by atoms with Crippen LogP contribution in [0.2, 0.25) is 5.02 Å². The Labute approximate surface area is 119 Å². The monoisotopic (exact) mass is 275 g/mol. The molecule has 0 aliphatic carbocycles. The van der Waals surface area contributed by atoms with Crippen LogP contribution in [0.1, 0.15) is 11.1 Å². The van der Waals surface area contributed by atoms with Crippen molar-refractivity contribution < 1.29 is 5.11 Å². The second-order valence-electron chi connectivity index (χ2n) is 4.75. The molecule has 3 heteroatoms. The zero-order valence-electron chi connectivity index (χ0n) is 11.0. The van der Waals surface area contributed by atoms with Crippen LogP contribution < -0.4 is 0 Å². The smallest absolute Gasteiger partial charge is 0.120 e. The molecule has 0 saturated carbocycles. The molecule has 0 atom stereocenters. The van der Waals surface area contributed by atoms with Gasteiger partial charge in [-0.2, -0.15) is 0 Å². The molecular weight excluding hydrogens is 258 g/mol. The SMILES string of the molecule is CN(CCc1ccccc1)Cc1cc(Cl)ccc1O. The van der Waals surface area contributed by atoms with E-state index in [2.05, 4.69) is 29.2 Å². The van der Waals surface area contributed by atoms with Crippen LogP contribution in [0.15, 0.2) is 48.5 Å². The first-order valence-electron chi connectivity index (χ1n) is 6.35. The Morgan fingerprint density at radius 3 is 2.58 bits per heavy atom. The maximum absolute atomic E-state index is 9.78. The third-order valence-corrected chi connectivity index (χ3v) is 3.34. The van der Waals surface area contributed by atoms with Crippen molar-refractivity contribution in [2.45, 2.75) is 13.0 Å². The number of nitrogens with zero attached hydrogens (tertiary/aromatic N) is 1. The number of rotatable bonds is 5. The fourth-order valence-corrected chi connectivity index (χ4v) is 2.21. The Morgan fingerprint density at radius 2 is 1.84 bits per heavy atom. The molecule has 0 aliphatic heterocycles. The molecule has 19 heavy (non-hydrogen) atoms. The van der Waals surface area contributed by atoms with Gasteiger partial charge < -0.3 is 10.0 Å². The lowest BCUT2D eigenvalue weighted by Crippen LogP contribution is -2.20. The molecule has 0 saturated heterocycles. The van der Waals surface area contributed by atoms with Crippen molar-refractivity contribution in [1.29, 1.82) is 0 Å². The number of hydrogen-bond donors (Lipinski definition) is 1. The lowest BCUT2D eigenvalue weighted by Gasteiger charge is -2.17. The second kappa shape index (κ2) is 6.60. The summed E-state index contributed by atoms with van der Waals surface area (Å²) in [6.07, 6.45) is 0.999. The van der Waals surface area contributed by atoms with Crippen LogP contribution in [0.3, 0.4) is 0 Å². The van der Waals surface area contributed by atoms with Gasteiger partial charge >= 0.3 is 0 Å². The molecule has 0 aliphatic rings. The van der Waals surface area contributed by atoms with Gasteiger partial charge in [-0.3, -0.25) is 0 Å². The standard InChI is InChI=1S/C16H18ClNO/c1-18(10-9-13-5-3-2-4-6-13)12-14-11-15(17)7-8-16(14)19/h2-8,11,19H,9-10,12H2,1H3. The van der Waals surface area contributed by atoms with Crippen LogP contribution in [0.25, 0.3) is 0 Å². The van der Waals surface area contributed by atoms with Crippen molar-refractivity contribution in [2.24, 2.45) is 0 Å². The van der Waals surface area contributed by atoms with Gasteiger partial charge in [0.15, 0.2) is 0 Å². The highest BCUT2D eigenvalue weighted by Crippen LogP contribution is 2.22. The van der Waals surface area contributed by atoms with Crippen molar-refractivity contribution in [3.05, 3.63) is 64.7 Å². The van der Waals surface area contributed by atoms with Gasteiger partial charge in [-0.1, -0.05) is 41.9 Å². The fraction of sp³-hybridized carbons (Fsp3) is 0.250. The van der Waals surface area contributed by atoms with E-state index < -0.39 is 0 Å². The highest BCUT2D eigenvalue weighted by atomic mass is 35.5. The van der Waals surface area contributed by atoms with Crippen molar-refractivity contribution in [3.63, 3.8) is 0 Å². The van der Waals surface area contributed by atoms with Gasteiger partial charge in [0.2, 0.25) is 0 Å². The van der Waals surface area contributed by atoms with Crippen LogP contribution in [-0.2, 0) is 13.0 Å². The summed E-state index contributed by atoms with van der Waals surface area (Å²) in [6.45, 7) is 1.63. The third-order valence-electron chi connectivity index (χ3n) is 3.11. The molecule has 1 N–H and O–H groups in total. The Morgan fingerprint density at radius 1 is 1.11 bits per heavy atom. The van der Waals surface area contributed by atoms with E-state index in [1.165, 1.54) is 5.56 Å². The van der Waals surface area contributed by atoms with E-state index in [1.807, 2.05) is 19.2 Å². The summed E-state index contributed by atoms with van der Waals surface area (Å²) in [5, 5.41) is 10.4. The normalized spacial score (nSPS) is 10.9. The minimum Gasteiger partial charge on any atom is -0.508 e. The average molecular weight is 276 g/mol. The van der Waals surface area contributed by atoms with Crippen molar-refractivity contribution in [3.8, 4) is 5.75 Å². The zero-order valence-corrected chi connectivity index (χ0v) is 11.8. The van der Waals surface area contributed by atoms with E-state index in [-0.39, 0.29) is 0 Å².